The van der Waals surface area contributed by atoms with Crippen LogP contribution in [-0.4, -0.2) is 26.8 Å². The highest BCUT2D eigenvalue weighted by molar-refractivity contribution is 9.10. The van der Waals surface area contributed by atoms with Crippen molar-refractivity contribution in [3.63, 3.8) is 0 Å². The van der Waals surface area contributed by atoms with Crippen LogP contribution in [0.3, 0.4) is 0 Å². The molecule has 6 heteroatoms. The third kappa shape index (κ3) is 2.31. The molecule has 1 aromatic carbocycles. The smallest absolute Gasteiger partial charge is 0.282 e. The molecule has 1 aliphatic heterocycles. The molecule has 0 aromatic heterocycles. The third-order valence-electron chi connectivity index (χ3n) is 2.53. The van der Waals surface area contributed by atoms with E-state index >= 15 is 0 Å². The zero-order valence-electron chi connectivity index (χ0n) is 9.57. The van der Waals surface area contributed by atoms with Crippen LogP contribution in [0.15, 0.2) is 21.6 Å². The van der Waals surface area contributed by atoms with Gasteiger partial charge >= 0.3 is 0 Å². The standard InChI is InChI=1S/C11H13BrN2O3/c1-15-8-4-7(12)9(16-2)3-6(8)10-5-14-11(13)17-10/h3-4,10H,5H2,1-2H3,(H2,13,14). The first kappa shape index (κ1) is 12.0. The monoisotopic (exact) mass is 300 g/mol. The molecule has 2 N–H and O–H groups in total. The van der Waals surface area contributed by atoms with Gasteiger partial charge in [0.2, 0.25) is 0 Å². The molecule has 1 aromatic rings. The minimum atomic E-state index is -0.216. The minimum Gasteiger partial charge on any atom is -0.496 e. The summed E-state index contributed by atoms with van der Waals surface area (Å²) in [4.78, 5) is 4.01. The molecule has 0 saturated heterocycles. The molecule has 92 valence electrons. The van der Waals surface area contributed by atoms with Gasteiger partial charge < -0.3 is 19.9 Å². The Kier molecular flexibility index (Phi) is 3.42. The number of amidine groups is 1. The summed E-state index contributed by atoms with van der Waals surface area (Å²) in [5, 5.41) is 0. The maximum absolute atomic E-state index is 5.50. The first-order valence-electron chi connectivity index (χ1n) is 5.03. The van der Waals surface area contributed by atoms with E-state index in [-0.39, 0.29) is 12.1 Å². The van der Waals surface area contributed by atoms with Crippen molar-refractivity contribution in [3.05, 3.63) is 22.2 Å². The van der Waals surface area contributed by atoms with Gasteiger partial charge in [0.05, 0.1) is 25.2 Å². The number of hydrogen-bond acceptors (Lipinski definition) is 5. The molecule has 1 unspecified atom stereocenters. The highest BCUT2D eigenvalue weighted by Gasteiger charge is 2.24. The summed E-state index contributed by atoms with van der Waals surface area (Å²) in [6.45, 7) is 0.493. The number of halogens is 1. The van der Waals surface area contributed by atoms with Crippen molar-refractivity contribution < 1.29 is 14.2 Å². The third-order valence-corrected chi connectivity index (χ3v) is 3.15. The molecule has 0 spiro atoms. The van der Waals surface area contributed by atoms with E-state index in [1.165, 1.54) is 0 Å². The summed E-state index contributed by atoms with van der Waals surface area (Å²) in [6, 6.07) is 3.91. The lowest BCUT2D eigenvalue weighted by Gasteiger charge is -2.16. The number of nitrogens with zero attached hydrogens (tertiary/aromatic N) is 1. The highest BCUT2D eigenvalue weighted by atomic mass is 79.9. The molecule has 0 amide bonds. The van der Waals surface area contributed by atoms with Crippen molar-refractivity contribution in [2.75, 3.05) is 20.8 Å². The van der Waals surface area contributed by atoms with Gasteiger partial charge in [0.1, 0.15) is 11.5 Å². The Balaban J connectivity index is 2.38. The highest BCUT2D eigenvalue weighted by Crippen LogP contribution is 2.38. The molecule has 0 bridgehead atoms. The van der Waals surface area contributed by atoms with Crippen LogP contribution >= 0.6 is 15.9 Å². The molecule has 1 atom stereocenters. The molecule has 0 radical (unpaired) electrons. The van der Waals surface area contributed by atoms with Gasteiger partial charge in [0, 0.05) is 5.56 Å². The second-order valence-electron chi connectivity index (χ2n) is 3.51. The van der Waals surface area contributed by atoms with E-state index in [1.54, 1.807) is 14.2 Å². The van der Waals surface area contributed by atoms with Crippen LogP contribution in [-0.2, 0) is 4.74 Å². The Morgan fingerprint density at radius 2 is 2.06 bits per heavy atom. The van der Waals surface area contributed by atoms with Crippen LogP contribution in [0.5, 0.6) is 11.5 Å². The SMILES string of the molecule is COc1cc(C2CN=C(N)O2)c(OC)cc1Br. The van der Waals surface area contributed by atoms with Crippen LogP contribution in [0.4, 0.5) is 0 Å². The Bertz CT molecular complexity index is 462. The number of benzene rings is 1. The lowest BCUT2D eigenvalue weighted by molar-refractivity contribution is 0.219. The number of ether oxygens (including phenoxy) is 3. The molecule has 1 heterocycles. The number of methoxy groups -OCH3 is 2. The largest absolute Gasteiger partial charge is 0.496 e. The summed E-state index contributed by atoms with van der Waals surface area (Å²) in [5.74, 6) is 1.43. The number of nitrogens with two attached hydrogens (primary N) is 1. The van der Waals surface area contributed by atoms with E-state index in [0.29, 0.717) is 12.3 Å². The second kappa shape index (κ2) is 4.83. The van der Waals surface area contributed by atoms with Gasteiger partial charge in [0.15, 0.2) is 6.10 Å². The van der Waals surface area contributed by atoms with E-state index in [9.17, 15) is 0 Å². The molecule has 0 fully saturated rings. The van der Waals surface area contributed by atoms with Crippen LogP contribution in [0, 0.1) is 0 Å². The van der Waals surface area contributed by atoms with Crippen LogP contribution in [0.1, 0.15) is 11.7 Å². The van der Waals surface area contributed by atoms with E-state index < -0.39 is 0 Å². The zero-order valence-corrected chi connectivity index (χ0v) is 11.2. The number of rotatable bonds is 3. The maximum Gasteiger partial charge on any atom is 0.282 e. The first-order chi connectivity index (χ1) is 8.15. The molecule has 0 saturated carbocycles. The van der Waals surface area contributed by atoms with Crippen LogP contribution in [0.2, 0.25) is 0 Å². The van der Waals surface area contributed by atoms with Crippen molar-refractivity contribution in [2.45, 2.75) is 6.10 Å². The Hall–Kier alpha value is -1.43. The fourth-order valence-electron chi connectivity index (χ4n) is 1.69. The molecule has 2 rings (SSSR count). The average Bonchev–Trinajstić information content (AvgIpc) is 2.75. The van der Waals surface area contributed by atoms with E-state index in [2.05, 4.69) is 20.9 Å². The van der Waals surface area contributed by atoms with Crippen molar-refractivity contribution in [3.8, 4) is 11.5 Å². The van der Waals surface area contributed by atoms with E-state index in [1.807, 2.05) is 12.1 Å². The lowest BCUT2D eigenvalue weighted by Crippen LogP contribution is -2.13. The normalized spacial score (nSPS) is 18.5. The fourth-order valence-corrected chi connectivity index (χ4v) is 2.17. The Labute approximate surface area is 108 Å². The van der Waals surface area contributed by atoms with Gasteiger partial charge in [-0.25, -0.2) is 4.99 Å². The fraction of sp³-hybridized carbons (Fsp3) is 0.364. The Morgan fingerprint density at radius 1 is 1.35 bits per heavy atom. The molecule has 0 aliphatic carbocycles. The number of hydrogen-bond donors (Lipinski definition) is 1. The van der Waals surface area contributed by atoms with Crippen LogP contribution < -0.4 is 15.2 Å². The predicted octanol–water partition coefficient (Wildman–Crippen LogP) is 1.85. The number of aliphatic imine (C=N–C) groups is 1. The topological polar surface area (TPSA) is 66.1 Å². The summed E-state index contributed by atoms with van der Waals surface area (Å²) in [5.41, 5.74) is 6.37. The van der Waals surface area contributed by atoms with E-state index in [4.69, 9.17) is 19.9 Å². The molecule has 5 nitrogen and oxygen atoms in total. The van der Waals surface area contributed by atoms with Gasteiger partial charge in [0.25, 0.3) is 6.02 Å². The van der Waals surface area contributed by atoms with Crippen molar-refractivity contribution in [1.29, 1.82) is 0 Å². The lowest BCUT2D eigenvalue weighted by atomic mass is 10.1. The van der Waals surface area contributed by atoms with Crippen molar-refractivity contribution in [2.24, 2.45) is 10.7 Å². The van der Waals surface area contributed by atoms with Gasteiger partial charge in [-0.3, -0.25) is 0 Å². The van der Waals surface area contributed by atoms with Crippen molar-refractivity contribution >= 4 is 22.0 Å². The molecular formula is C11H13BrN2O3. The maximum atomic E-state index is 5.50. The quantitative estimate of drug-likeness (QED) is 0.925. The predicted molar refractivity (Wildman–Crippen MR) is 67.6 cm³/mol. The van der Waals surface area contributed by atoms with Gasteiger partial charge in [-0.15, -0.1) is 0 Å². The minimum absolute atomic E-state index is 0.207. The summed E-state index contributed by atoms with van der Waals surface area (Å²) < 4.78 is 16.8. The summed E-state index contributed by atoms with van der Waals surface area (Å²) >= 11 is 3.40. The molecule has 17 heavy (non-hydrogen) atoms. The van der Waals surface area contributed by atoms with Gasteiger partial charge in [-0.2, -0.15) is 0 Å². The molecule has 1 aliphatic rings. The summed E-state index contributed by atoms with van der Waals surface area (Å²) in [6.07, 6.45) is -0.216. The van der Waals surface area contributed by atoms with E-state index in [0.717, 1.165) is 15.8 Å². The summed E-state index contributed by atoms with van der Waals surface area (Å²) in [7, 11) is 3.22. The van der Waals surface area contributed by atoms with Gasteiger partial charge in [-0.1, -0.05) is 0 Å². The average molecular weight is 301 g/mol. The van der Waals surface area contributed by atoms with Gasteiger partial charge in [-0.05, 0) is 28.1 Å². The van der Waals surface area contributed by atoms with Crippen molar-refractivity contribution in [1.82, 2.24) is 0 Å². The first-order valence-corrected chi connectivity index (χ1v) is 5.83. The second-order valence-corrected chi connectivity index (χ2v) is 4.37. The zero-order chi connectivity index (χ0) is 12.4. The molecular weight excluding hydrogens is 288 g/mol. The van der Waals surface area contributed by atoms with Crippen LogP contribution in [0.25, 0.3) is 0 Å². The Morgan fingerprint density at radius 3 is 2.59 bits per heavy atom.